The molecule has 0 bridgehead atoms. The van der Waals surface area contributed by atoms with Gasteiger partial charge >= 0.3 is 0 Å². The van der Waals surface area contributed by atoms with E-state index in [-0.39, 0.29) is 29.7 Å². The van der Waals surface area contributed by atoms with Crippen molar-refractivity contribution in [3.63, 3.8) is 0 Å². The van der Waals surface area contributed by atoms with Crippen LogP contribution in [-0.2, 0) is 41.8 Å². The van der Waals surface area contributed by atoms with Gasteiger partial charge in [0.1, 0.15) is 51.4 Å². The minimum absolute atomic E-state index is 0.0581. The predicted octanol–water partition coefficient (Wildman–Crippen LogP) is 13.9. The van der Waals surface area contributed by atoms with Crippen molar-refractivity contribution in [2.45, 2.75) is 31.8 Å². The van der Waals surface area contributed by atoms with Gasteiger partial charge in [-0.25, -0.2) is 64.8 Å². The highest BCUT2D eigenvalue weighted by atomic mass is 35.5. The van der Waals surface area contributed by atoms with Crippen LogP contribution in [0.4, 0.5) is 46.5 Å². The number of hydrogen-bond donors (Lipinski definition) is 10. The third-order valence-electron chi connectivity index (χ3n) is 22.7. The number of amides is 4. The molecule has 17 aromatic rings. The quantitative estimate of drug-likeness (QED) is 0.0241. The number of halogens is 4. The number of H-pyrrole nitrogens is 4. The molecular weight excluding hydrogens is 1800 g/mol. The van der Waals surface area contributed by atoms with E-state index in [2.05, 4.69) is 150 Å². The molecule has 0 unspecified atom stereocenters. The van der Waals surface area contributed by atoms with E-state index in [1.54, 1.807) is 102 Å². The number of anilines is 8. The molecule has 2 saturated heterocycles. The van der Waals surface area contributed by atoms with Gasteiger partial charge in [-0.15, -0.1) is 0 Å². The second-order valence-corrected chi connectivity index (χ2v) is 35.3. The van der Waals surface area contributed by atoms with Crippen molar-refractivity contribution < 1.29 is 19.2 Å². The maximum absolute atomic E-state index is 13.1. The first kappa shape index (κ1) is 93.7. The minimum Gasteiger partial charge on any atom is -0.349 e. The van der Waals surface area contributed by atoms with Crippen LogP contribution in [0.3, 0.4) is 0 Å². The molecule has 0 saturated carbocycles. The number of rotatable bonds is 26. The molecule has 2 aliphatic heterocycles. The van der Waals surface area contributed by atoms with Crippen molar-refractivity contribution in [2.75, 3.05) is 129 Å². The van der Waals surface area contributed by atoms with E-state index < -0.39 is 0 Å². The van der Waals surface area contributed by atoms with Crippen LogP contribution < -0.4 is 31.9 Å². The number of nitrogens with zero attached hydrogens (tertiary/aromatic N) is 24. The van der Waals surface area contributed by atoms with Crippen molar-refractivity contribution in [1.29, 1.82) is 0 Å². The molecule has 2 aliphatic rings. The Morgan fingerprint density at radius 3 is 1.09 bits per heavy atom. The van der Waals surface area contributed by atoms with Gasteiger partial charge < -0.3 is 99.2 Å². The van der Waals surface area contributed by atoms with E-state index in [0.29, 0.717) is 109 Å². The van der Waals surface area contributed by atoms with Crippen molar-refractivity contribution >= 4 is 160 Å². The molecule has 4 aromatic carbocycles. The highest BCUT2D eigenvalue weighted by Gasteiger charge is 2.25. The van der Waals surface area contributed by atoms with E-state index in [4.69, 9.17) is 46.4 Å². The molecule has 4 amide bonds. The number of aryl methyl sites for hydroxylation is 5. The number of carbonyl (C=O) groups is 4. The summed E-state index contributed by atoms with van der Waals surface area (Å²) in [5.74, 6) is 1.99. The zero-order valence-corrected chi connectivity index (χ0v) is 79.2. The molecule has 135 heavy (non-hydrogen) atoms. The van der Waals surface area contributed by atoms with E-state index in [9.17, 15) is 19.2 Å². The lowest BCUT2D eigenvalue weighted by molar-refractivity contribution is 0.0753. The highest BCUT2D eigenvalue weighted by Crippen LogP contribution is 2.36. The lowest BCUT2D eigenvalue weighted by atomic mass is 10.1. The Hall–Kier alpha value is -14.5. The fourth-order valence-electron chi connectivity index (χ4n) is 15.3. The van der Waals surface area contributed by atoms with Crippen LogP contribution in [0.1, 0.15) is 67.0 Å². The largest absolute Gasteiger partial charge is 0.349 e. The fraction of sp³-hybridized carbons (Fsp3) is 0.280. The molecule has 0 radical (unpaired) electrons. The molecule has 19 rings (SSSR count). The predicted molar refractivity (Wildman–Crippen MR) is 527 cm³/mol. The molecule has 696 valence electrons. The number of piperidine rings is 1. The normalized spacial score (nSPS) is 13.2. The Kier molecular flexibility index (Phi) is 29.3. The number of likely N-dealkylation sites (tertiary alicyclic amines) is 1. The third kappa shape index (κ3) is 23.8. The van der Waals surface area contributed by atoms with Crippen LogP contribution in [-0.4, -0.2) is 274 Å². The van der Waals surface area contributed by atoms with Gasteiger partial charge in [-0.3, -0.25) is 24.1 Å². The standard InChI is InChI=1S/C25H30ClN9O.C23H25ClN8O.C23H27ClN8O.C22H20ClN9O/c1-32-6-9-35(10-7-32)11-8-34(3)24(36)21-13-17-12-18(14-19(26)23(17)30-21)29-25-27-5-4-20(31-25)22-15-33(2)16-28-22;1-31-7-4-15(5-8-31)27-22(33)19-10-14-9-16(11-17(24)21(14)29-19)28-23-25-6-3-18(30-23)20-12-32(2)13-26-20;1-30(2)8-5-9-32(4)22(33)19-11-15-10-16(12-17(24)21(15)28-19)27-23-25-7-6-18(29-23)20-13-31(3)14-26-20;1-31-11-18(27-12-31)16-3-4-25-22(30-16)28-14-7-13-8-17(29-20(13)15(23)9-14)21(33)26-10-19-24-5-6-32(19)2/h4-5,12-16,30H,6-11H2,1-3H3,(H,27,29,31);3,6,9-13,15,29H,4-5,7-8H2,1-2H3,(H,27,33)(H,25,28,30);6-7,10-14,28H,5,8-9H2,1-4H3,(H,25,27,29);3-9,11-12,29H,10H2,1-2H3,(H,26,33)(H,25,28,30). The number of likely N-dealkylation sites (N-methyl/N-ethyl adjacent to an activating group) is 2. The van der Waals surface area contributed by atoms with Gasteiger partial charge in [0, 0.05) is 207 Å². The molecule has 0 atom stereocenters. The van der Waals surface area contributed by atoms with Crippen LogP contribution in [0.15, 0.2) is 184 Å². The first-order chi connectivity index (χ1) is 65.0. The Morgan fingerprint density at radius 2 is 0.741 bits per heavy atom. The second kappa shape index (κ2) is 42.2. The maximum atomic E-state index is 13.1. The number of nitrogens with one attached hydrogen (secondary N) is 10. The van der Waals surface area contributed by atoms with Gasteiger partial charge in [0.05, 0.1) is 96.8 Å². The van der Waals surface area contributed by atoms with Crippen LogP contribution >= 0.6 is 46.4 Å². The lowest BCUT2D eigenvalue weighted by Crippen LogP contribution is -2.47. The van der Waals surface area contributed by atoms with Gasteiger partial charge in [-0.2, -0.15) is 0 Å². The van der Waals surface area contributed by atoms with Crippen LogP contribution in [0.5, 0.6) is 0 Å². The molecule has 42 heteroatoms. The monoisotopic (exact) mass is 1900 g/mol. The number of piperazine rings is 1. The smallest absolute Gasteiger partial charge is 0.270 e. The molecule has 38 nitrogen and oxygen atoms in total. The van der Waals surface area contributed by atoms with Gasteiger partial charge in [0.25, 0.3) is 23.6 Å². The van der Waals surface area contributed by atoms with Crippen molar-refractivity contribution in [1.82, 2.24) is 148 Å². The Morgan fingerprint density at radius 1 is 0.393 bits per heavy atom. The van der Waals surface area contributed by atoms with Gasteiger partial charge in [-0.05, 0) is 164 Å². The number of benzene rings is 4. The SMILES string of the molecule is CN(C)CCCN(C)C(=O)c1cc2cc(Nc3nccc(-c4cn(C)cn4)n3)cc(Cl)c2[nH]1.CN1CCC(NC(=O)c2cc3cc(Nc4nccc(-c5cn(C)cn5)n4)cc(Cl)c3[nH]2)CC1.CN1CCN(CCN(C)C(=O)c2cc3cc(Nc4nccc(-c5cn(C)cn5)n4)cc(Cl)c3[nH]2)CC1.Cn1cnc(-c2ccnc(Nc3cc(Cl)c4[nH]c(C(=O)NCc5nccn5C)cc4c3)n2)c1. The van der Waals surface area contributed by atoms with E-state index in [0.717, 1.165) is 167 Å². The molecular formula is C93H102Cl4N34O4. The summed E-state index contributed by atoms with van der Waals surface area (Å²) in [6.07, 6.45) is 27.5. The average molecular weight is 1900 g/mol. The average Bonchev–Trinajstić information content (AvgIpc) is 1.66. The third-order valence-corrected chi connectivity index (χ3v) is 23.9. The second-order valence-electron chi connectivity index (χ2n) is 33.6. The number of fused-ring (bicyclic) bond motifs is 4. The number of carbonyl (C=O) groups excluding carboxylic acids is 4. The number of aromatic nitrogens is 22. The number of hydrogen-bond acceptors (Lipinski definition) is 25. The van der Waals surface area contributed by atoms with Crippen molar-refractivity contribution in [3.8, 4) is 45.6 Å². The van der Waals surface area contributed by atoms with Gasteiger partial charge in [0.2, 0.25) is 23.8 Å². The molecule has 0 spiro atoms. The van der Waals surface area contributed by atoms with Crippen LogP contribution in [0.2, 0.25) is 20.1 Å². The lowest BCUT2D eigenvalue weighted by Gasteiger charge is -2.33. The highest BCUT2D eigenvalue weighted by molar-refractivity contribution is 6.37. The topological polar surface area (TPSA) is 415 Å². The molecule has 2 fully saturated rings. The summed E-state index contributed by atoms with van der Waals surface area (Å²) < 4.78 is 9.31. The summed E-state index contributed by atoms with van der Waals surface area (Å²) in [4.78, 5) is 133. The van der Waals surface area contributed by atoms with Gasteiger partial charge in [-0.1, -0.05) is 46.4 Å². The molecule has 0 aliphatic carbocycles. The first-order valence-electron chi connectivity index (χ1n) is 43.5. The summed E-state index contributed by atoms with van der Waals surface area (Å²) in [7, 11) is 21.4. The Labute approximate surface area is 796 Å². The maximum Gasteiger partial charge on any atom is 0.270 e. The van der Waals surface area contributed by atoms with Crippen LogP contribution in [0, 0.1) is 0 Å². The zero-order valence-electron chi connectivity index (χ0n) is 76.2. The zero-order chi connectivity index (χ0) is 94.7. The summed E-state index contributed by atoms with van der Waals surface area (Å²) in [6, 6.07) is 29.4. The number of imidazole rings is 5. The van der Waals surface area contributed by atoms with E-state index >= 15 is 0 Å². The van der Waals surface area contributed by atoms with Crippen molar-refractivity contribution in [3.05, 3.63) is 233 Å². The van der Waals surface area contributed by atoms with E-state index in [1.807, 2.05) is 178 Å². The fourth-order valence-corrected chi connectivity index (χ4v) is 16.4. The first-order valence-corrected chi connectivity index (χ1v) is 45.0. The van der Waals surface area contributed by atoms with Gasteiger partial charge in [0.15, 0.2) is 0 Å². The summed E-state index contributed by atoms with van der Waals surface area (Å²) in [5, 5.41) is 24.1. The number of aromatic amines is 4. The summed E-state index contributed by atoms with van der Waals surface area (Å²) >= 11 is 26.1. The van der Waals surface area contributed by atoms with Crippen molar-refractivity contribution in [2.24, 2.45) is 35.2 Å². The summed E-state index contributed by atoms with van der Waals surface area (Å²) in [6.45, 7) is 9.62. The van der Waals surface area contributed by atoms with Crippen LogP contribution in [0.25, 0.3) is 89.2 Å². The Bertz CT molecular complexity index is 7080. The molecule has 13 aromatic heterocycles. The minimum atomic E-state index is -0.244. The molecule has 10 N–H and O–H groups in total. The molecule has 15 heterocycles. The Balaban J connectivity index is 0.000000131. The summed E-state index contributed by atoms with van der Waals surface area (Å²) in [5.41, 5.74) is 13.5. The van der Waals surface area contributed by atoms with E-state index in [1.165, 1.54) is 0 Å².